The molecule has 0 aromatic carbocycles. The average Bonchev–Trinajstić information content (AvgIpc) is 2.98. The van der Waals surface area contributed by atoms with E-state index >= 15 is 0 Å². The Balaban J connectivity index is 2.06. The quantitative estimate of drug-likeness (QED) is 0.776. The molecule has 2 N–H and O–H groups in total. The number of anilines is 2. The van der Waals surface area contributed by atoms with Crippen LogP contribution < -0.4 is 10.6 Å². The molecule has 0 aliphatic carbocycles. The van der Waals surface area contributed by atoms with E-state index in [2.05, 4.69) is 41.4 Å². The Bertz CT molecular complexity index is 537. The average molecular weight is 288 g/mol. The van der Waals surface area contributed by atoms with Gasteiger partial charge in [0.25, 0.3) is 0 Å². The van der Waals surface area contributed by atoms with Crippen LogP contribution in [-0.4, -0.2) is 23.1 Å². The number of nitrogens with zero attached hydrogens (tertiary/aromatic N) is 2. The van der Waals surface area contributed by atoms with Gasteiger partial charge in [0.2, 0.25) is 0 Å². The van der Waals surface area contributed by atoms with Crippen molar-refractivity contribution in [2.24, 2.45) is 0 Å². The van der Waals surface area contributed by atoms with Gasteiger partial charge in [0.1, 0.15) is 23.7 Å². The molecular formula is C16H24N4O. The van der Waals surface area contributed by atoms with Crippen molar-refractivity contribution >= 4 is 11.6 Å². The minimum atomic E-state index is 0.358. The smallest absolute Gasteiger partial charge is 0.135 e. The molecule has 2 rings (SSSR count). The van der Waals surface area contributed by atoms with Crippen LogP contribution in [-0.2, 0) is 6.42 Å². The molecule has 2 aromatic rings. The lowest BCUT2D eigenvalue weighted by atomic mass is 10.0. The van der Waals surface area contributed by atoms with Crippen LogP contribution in [0.2, 0.25) is 0 Å². The van der Waals surface area contributed by atoms with Gasteiger partial charge in [-0.25, -0.2) is 9.97 Å². The molecule has 0 unspecified atom stereocenters. The molecule has 0 saturated heterocycles. The largest absolute Gasteiger partial charge is 0.469 e. The van der Waals surface area contributed by atoms with Gasteiger partial charge in [0.15, 0.2) is 0 Å². The van der Waals surface area contributed by atoms with Gasteiger partial charge in [-0.3, -0.25) is 0 Å². The Labute approximate surface area is 126 Å². The molecule has 21 heavy (non-hydrogen) atoms. The van der Waals surface area contributed by atoms with Gasteiger partial charge in [-0.2, -0.15) is 0 Å². The first-order valence-electron chi connectivity index (χ1n) is 7.57. The summed E-state index contributed by atoms with van der Waals surface area (Å²) < 4.78 is 5.34. The maximum atomic E-state index is 5.34. The normalized spacial score (nSPS) is 10.9. The van der Waals surface area contributed by atoms with Crippen molar-refractivity contribution in [2.45, 2.75) is 39.5 Å². The van der Waals surface area contributed by atoms with Crippen molar-refractivity contribution in [1.29, 1.82) is 0 Å². The summed E-state index contributed by atoms with van der Waals surface area (Å²) in [5, 5.41) is 6.78. The van der Waals surface area contributed by atoms with E-state index in [0.717, 1.165) is 48.9 Å². The highest BCUT2D eigenvalue weighted by molar-refractivity contribution is 5.59. The van der Waals surface area contributed by atoms with Crippen LogP contribution in [0.3, 0.4) is 0 Å². The fourth-order valence-corrected chi connectivity index (χ4v) is 2.23. The minimum Gasteiger partial charge on any atom is -0.469 e. The molecule has 2 aromatic heterocycles. The molecule has 5 nitrogen and oxygen atoms in total. The van der Waals surface area contributed by atoms with Crippen molar-refractivity contribution < 1.29 is 4.42 Å². The second-order valence-electron chi connectivity index (χ2n) is 5.32. The van der Waals surface area contributed by atoms with Crippen LogP contribution in [0, 0.1) is 0 Å². The zero-order valence-electron chi connectivity index (χ0n) is 13.0. The molecule has 0 aliphatic rings. The molecule has 0 spiro atoms. The summed E-state index contributed by atoms with van der Waals surface area (Å²) >= 11 is 0. The second-order valence-corrected chi connectivity index (χ2v) is 5.32. The molecule has 0 atom stereocenters. The van der Waals surface area contributed by atoms with Crippen LogP contribution in [0.25, 0.3) is 0 Å². The van der Waals surface area contributed by atoms with E-state index in [1.54, 1.807) is 12.6 Å². The molecule has 0 aliphatic heterocycles. The van der Waals surface area contributed by atoms with Crippen LogP contribution in [0.1, 0.15) is 44.4 Å². The Morgan fingerprint density at radius 1 is 1.14 bits per heavy atom. The molecule has 2 heterocycles. The van der Waals surface area contributed by atoms with Crippen molar-refractivity contribution in [3.8, 4) is 0 Å². The van der Waals surface area contributed by atoms with E-state index in [0.29, 0.717) is 5.92 Å². The summed E-state index contributed by atoms with van der Waals surface area (Å²) in [5.41, 5.74) is 1.14. The number of hydrogen-bond donors (Lipinski definition) is 2. The monoisotopic (exact) mass is 288 g/mol. The Hall–Kier alpha value is -2.04. The van der Waals surface area contributed by atoms with Gasteiger partial charge >= 0.3 is 0 Å². The fourth-order valence-electron chi connectivity index (χ4n) is 2.23. The van der Waals surface area contributed by atoms with Crippen LogP contribution in [0.15, 0.2) is 29.1 Å². The molecule has 0 bridgehead atoms. The number of furan rings is 1. The number of nitrogens with one attached hydrogen (secondary N) is 2. The lowest BCUT2D eigenvalue weighted by Crippen LogP contribution is -2.13. The molecule has 5 heteroatoms. The molecule has 0 radical (unpaired) electrons. The molecule has 0 fully saturated rings. The maximum Gasteiger partial charge on any atom is 0.135 e. The van der Waals surface area contributed by atoms with Gasteiger partial charge in [-0.15, -0.1) is 0 Å². The predicted octanol–water partition coefficient (Wildman–Crippen LogP) is 3.67. The lowest BCUT2D eigenvalue weighted by Gasteiger charge is -2.17. The van der Waals surface area contributed by atoms with Crippen LogP contribution in [0.5, 0.6) is 0 Å². The van der Waals surface area contributed by atoms with E-state index in [1.807, 2.05) is 12.1 Å². The molecular weight excluding hydrogens is 264 g/mol. The first kappa shape index (κ1) is 15.4. The van der Waals surface area contributed by atoms with Crippen molar-refractivity contribution in [1.82, 2.24) is 9.97 Å². The zero-order valence-corrected chi connectivity index (χ0v) is 13.0. The second kappa shape index (κ2) is 7.67. The Morgan fingerprint density at radius 2 is 1.86 bits per heavy atom. The van der Waals surface area contributed by atoms with E-state index in [1.165, 1.54) is 0 Å². The Morgan fingerprint density at radius 3 is 2.43 bits per heavy atom. The summed E-state index contributed by atoms with van der Waals surface area (Å²) in [4.78, 5) is 8.77. The first-order chi connectivity index (χ1) is 10.2. The SMILES string of the molecule is CCCNc1ncnc(NCCc2ccco2)c1C(C)C. The number of rotatable bonds is 8. The Kier molecular flexibility index (Phi) is 5.60. The van der Waals surface area contributed by atoms with Crippen LogP contribution in [0.4, 0.5) is 11.6 Å². The highest BCUT2D eigenvalue weighted by Gasteiger charge is 2.14. The van der Waals surface area contributed by atoms with Gasteiger partial charge in [-0.05, 0) is 24.5 Å². The molecule has 0 saturated carbocycles. The van der Waals surface area contributed by atoms with Gasteiger partial charge in [-0.1, -0.05) is 20.8 Å². The van der Waals surface area contributed by atoms with Gasteiger partial charge < -0.3 is 15.1 Å². The maximum absolute atomic E-state index is 5.34. The summed E-state index contributed by atoms with van der Waals surface area (Å²) in [7, 11) is 0. The van der Waals surface area contributed by atoms with Gasteiger partial charge in [0, 0.05) is 25.1 Å². The third kappa shape index (κ3) is 4.21. The topological polar surface area (TPSA) is 63.0 Å². The summed E-state index contributed by atoms with van der Waals surface area (Å²) in [6.45, 7) is 8.17. The predicted molar refractivity (Wildman–Crippen MR) is 85.8 cm³/mol. The minimum absolute atomic E-state index is 0.358. The third-order valence-corrected chi connectivity index (χ3v) is 3.25. The third-order valence-electron chi connectivity index (χ3n) is 3.25. The lowest BCUT2D eigenvalue weighted by molar-refractivity contribution is 0.513. The van der Waals surface area contributed by atoms with E-state index in [-0.39, 0.29) is 0 Å². The van der Waals surface area contributed by atoms with Gasteiger partial charge in [0.05, 0.1) is 6.26 Å². The number of hydrogen-bond acceptors (Lipinski definition) is 5. The summed E-state index contributed by atoms with van der Waals surface area (Å²) in [6, 6.07) is 3.89. The zero-order chi connectivity index (χ0) is 15.1. The first-order valence-corrected chi connectivity index (χ1v) is 7.57. The van der Waals surface area contributed by atoms with Crippen LogP contribution >= 0.6 is 0 Å². The van der Waals surface area contributed by atoms with E-state index in [9.17, 15) is 0 Å². The fraction of sp³-hybridized carbons (Fsp3) is 0.500. The summed E-state index contributed by atoms with van der Waals surface area (Å²) in [5.74, 6) is 3.18. The highest BCUT2D eigenvalue weighted by Crippen LogP contribution is 2.28. The standard InChI is InChI=1S/C16H24N4O/c1-4-8-17-15-14(12(2)3)16(20-11-19-15)18-9-7-13-6-5-10-21-13/h5-6,10-12H,4,7-9H2,1-3H3,(H2,17,18,19,20). The van der Waals surface area contributed by atoms with Crippen molar-refractivity contribution in [2.75, 3.05) is 23.7 Å². The van der Waals surface area contributed by atoms with Crippen molar-refractivity contribution in [3.05, 3.63) is 36.0 Å². The molecule has 114 valence electrons. The van der Waals surface area contributed by atoms with E-state index in [4.69, 9.17) is 4.42 Å². The van der Waals surface area contributed by atoms with E-state index < -0.39 is 0 Å². The summed E-state index contributed by atoms with van der Waals surface area (Å²) in [6.07, 6.45) is 5.22. The number of aromatic nitrogens is 2. The highest BCUT2D eigenvalue weighted by atomic mass is 16.3. The molecule has 0 amide bonds. The van der Waals surface area contributed by atoms with Crippen molar-refractivity contribution in [3.63, 3.8) is 0 Å².